The van der Waals surface area contributed by atoms with Gasteiger partial charge in [-0.2, -0.15) is 0 Å². The summed E-state index contributed by atoms with van der Waals surface area (Å²) in [7, 11) is 1.76. The Kier molecular flexibility index (Phi) is 17.5. The van der Waals surface area contributed by atoms with Crippen LogP contribution in [-0.2, 0) is 41.8 Å². The van der Waals surface area contributed by atoms with Gasteiger partial charge in [0.05, 0.1) is 17.5 Å². The van der Waals surface area contributed by atoms with Crippen molar-refractivity contribution in [1.82, 2.24) is 9.80 Å². The van der Waals surface area contributed by atoms with E-state index in [1.807, 2.05) is 54.6 Å². The summed E-state index contributed by atoms with van der Waals surface area (Å²) in [5.41, 5.74) is 5.39. The standard InChI is InChI=1S/C47H58N4O7S.ClH/c1-6-37(7-2)51(26-25-50(5)40(52)28-47(3,4)29-41(53)54)30-33-11-10-12-35(27-33)43(55)49-45-42(38-13-8-9-14-39(38)59-45)44(56)48-36-23-19-32(20-24-36)16-15-31-17-21-34(22-18-31)46(57)58;/h10-12,17-24,27,37H,6-9,13-16,25-26,28-30H2,1-5H3,(H,48,56)(H,49,55)(H,53,54)(H,57,58);1H. The highest BCUT2D eigenvalue weighted by molar-refractivity contribution is 7.17. The van der Waals surface area contributed by atoms with Crippen LogP contribution in [0.2, 0.25) is 0 Å². The molecule has 0 spiro atoms. The molecule has 0 saturated heterocycles. The fraction of sp³-hybridized carbons (Fsp3) is 0.426. The maximum absolute atomic E-state index is 14.0. The molecule has 0 saturated carbocycles. The van der Waals surface area contributed by atoms with Crippen molar-refractivity contribution in [3.8, 4) is 0 Å². The number of carboxylic acid groups (broad SMARTS) is 2. The topological polar surface area (TPSA) is 156 Å². The van der Waals surface area contributed by atoms with E-state index in [-0.39, 0.29) is 54.6 Å². The zero-order valence-electron chi connectivity index (χ0n) is 35.3. The molecule has 13 heteroatoms. The van der Waals surface area contributed by atoms with Crippen molar-refractivity contribution in [3.63, 3.8) is 0 Å². The number of thiophene rings is 1. The predicted octanol–water partition coefficient (Wildman–Crippen LogP) is 9.38. The van der Waals surface area contributed by atoms with Crippen LogP contribution in [0.1, 0.15) is 124 Å². The first-order valence-corrected chi connectivity index (χ1v) is 21.4. The van der Waals surface area contributed by atoms with Crippen molar-refractivity contribution in [3.05, 3.63) is 117 Å². The van der Waals surface area contributed by atoms with E-state index in [2.05, 4.69) is 29.4 Å². The number of carbonyl (C=O) groups excluding carboxylic acids is 3. The lowest BCUT2D eigenvalue weighted by molar-refractivity contribution is -0.140. The van der Waals surface area contributed by atoms with Crippen molar-refractivity contribution in [2.24, 2.45) is 5.41 Å². The summed E-state index contributed by atoms with van der Waals surface area (Å²) in [6, 6.07) is 22.4. The molecule has 1 aliphatic carbocycles. The third kappa shape index (κ3) is 13.2. The summed E-state index contributed by atoms with van der Waals surface area (Å²) in [4.78, 5) is 68.5. The van der Waals surface area contributed by atoms with Gasteiger partial charge in [-0.15, -0.1) is 23.7 Å². The number of hydrogen-bond acceptors (Lipinski definition) is 7. The van der Waals surface area contributed by atoms with Crippen LogP contribution in [0, 0.1) is 5.41 Å². The van der Waals surface area contributed by atoms with E-state index >= 15 is 0 Å². The first-order chi connectivity index (χ1) is 28.2. The molecule has 3 aromatic carbocycles. The van der Waals surface area contributed by atoms with Gasteiger partial charge in [0.15, 0.2) is 0 Å². The van der Waals surface area contributed by atoms with Crippen molar-refractivity contribution in [2.45, 2.75) is 104 Å². The zero-order valence-corrected chi connectivity index (χ0v) is 37.0. The maximum atomic E-state index is 14.0. The number of hydrogen-bond donors (Lipinski definition) is 4. The Morgan fingerprint density at radius 3 is 2.02 bits per heavy atom. The van der Waals surface area contributed by atoms with Crippen molar-refractivity contribution in [1.29, 1.82) is 0 Å². The summed E-state index contributed by atoms with van der Waals surface area (Å²) in [6.07, 6.45) is 7.10. The van der Waals surface area contributed by atoms with E-state index in [0.717, 1.165) is 78.5 Å². The van der Waals surface area contributed by atoms with Gasteiger partial charge in [0, 0.05) is 55.3 Å². The fourth-order valence-electron chi connectivity index (χ4n) is 7.78. The number of nitrogens with zero attached hydrogens (tertiary/aromatic N) is 2. The summed E-state index contributed by atoms with van der Waals surface area (Å²) >= 11 is 1.48. The zero-order chi connectivity index (χ0) is 42.7. The van der Waals surface area contributed by atoms with Crippen molar-refractivity contribution < 1.29 is 34.2 Å². The van der Waals surface area contributed by atoms with E-state index in [1.165, 1.54) is 11.3 Å². The van der Waals surface area contributed by atoms with Gasteiger partial charge in [-0.1, -0.05) is 64.1 Å². The molecule has 4 N–H and O–H groups in total. The van der Waals surface area contributed by atoms with Gasteiger partial charge in [-0.05, 0) is 115 Å². The molecule has 1 aromatic heterocycles. The summed E-state index contributed by atoms with van der Waals surface area (Å²) in [6.45, 7) is 9.58. The molecule has 1 heterocycles. The molecule has 0 unspecified atom stereocenters. The molecule has 0 aliphatic heterocycles. The third-order valence-electron chi connectivity index (χ3n) is 11.2. The fourth-order valence-corrected chi connectivity index (χ4v) is 9.06. The number of aliphatic carboxylic acids is 1. The Balaban J connectivity index is 0.00000794. The van der Waals surface area contributed by atoms with Crippen LogP contribution >= 0.6 is 23.7 Å². The van der Waals surface area contributed by atoms with Crippen LogP contribution in [-0.4, -0.2) is 75.9 Å². The molecular formula is C47H59ClN4O7S. The van der Waals surface area contributed by atoms with Gasteiger partial charge in [0.1, 0.15) is 5.00 Å². The molecule has 4 aromatic rings. The number of carboxylic acids is 2. The molecule has 0 radical (unpaired) electrons. The second-order valence-electron chi connectivity index (χ2n) is 16.4. The lowest BCUT2D eigenvalue weighted by Gasteiger charge is -2.33. The maximum Gasteiger partial charge on any atom is 0.335 e. The van der Waals surface area contributed by atoms with Gasteiger partial charge in [0.2, 0.25) is 5.91 Å². The Hall–Kier alpha value is -5.04. The van der Waals surface area contributed by atoms with Crippen LogP contribution in [0.15, 0.2) is 72.8 Å². The highest BCUT2D eigenvalue weighted by atomic mass is 35.5. The van der Waals surface area contributed by atoms with Crippen molar-refractivity contribution >= 4 is 64.1 Å². The monoisotopic (exact) mass is 858 g/mol. The second kappa shape index (κ2) is 22.0. The molecule has 1 aliphatic rings. The number of anilines is 2. The number of halogens is 1. The average molecular weight is 860 g/mol. The molecule has 3 amide bonds. The Bertz CT molecular complexity index is 2110. The van der Waals surface area contributed by atoms with Gasteiger partial charge in [0.25, 0.3) is 11.8 Å². The van der Waals surface area contributed by atoms with Gasteiger partial charge in [-0.3, -0.25) is 24.1 Å². The van der Waals surface area contributed by atoms with Gasteiger partial charge >= 0.3 is 11.9 Å². The highest BCUT2D eigenvalue weighted by Crippen LogP contribution is 2.39. The lowest BCUT2D eigenvalue weighted by Crippen LogP contribution is -2.41. The second-order valence-corrected chi connectivity index (χ2v) is 17.5. The van der Waals surface area contributed by atoms with Crippen LogP contribution in [0.4, 0.5) is 10.7 Å². The molecular weight excluding hydrogens is 800 g/mol. The number of fused-ring (bicyclic) bond motifs is 1. The molecule has 322 valence electrons. The first-order valence-electron chi connectivity index (χ1n) is 20.6. The van der Waals surface area contributed by atoms with Crippen molar-refractivity contribution in [2.75, 3.05) is 30.8 Å². The summed E-state index contributed by atoms with van der Waals surface area (Å²) in [5, 5.41) is 25.1. The number of carbonyl (C=O) groups is 5. The Morgan fingerprint density at radius 2 is 1.40 bits per heavy atom. The Labute approximate surface area is 364 Å². The molecule has 0 fully saturated rings. The first kappa shape index (κ1) is 47.6. The number of aryl methyl sites for hydroxylation is 3. The third-order valence-corrected chi connectivity index (χ3v) is 12.4. The predicted molar refractivity (Wildman–Crippen MR) is 241 cm³/mol. The van der Waals surface area contributed by atoms with Gasteiger partial charge < -0.3 is 25.7 Å². The Morgan fingerprint density at radius 1 is 0.767 bits per heavy atom. The smallest absolute Gasteiger partial charge is 0.335 e. The number of benzene rings is 3. The molecule has 0 bridgehead atoms. The van der Waals surface area contributed by atoms with E-state index in [9.17, 15) is 29.1 Å². The quantitative estimate of drug-likeness (QED) is 0.0685. The van der Waals surface area contributed by atoms with E-state index in [0.29, 0.717) is 41.4 Å². The summed E-state index contributed by atoms with van der Waals surface area (Å²) < 4.78 is 0. The number of rotatable bonds is 20. The number of likely N-dealkylation sites (N-methyl/N-ethyl adjacent to an activating group) is 1. The van der Waals surface area contributed by atoms with E-state index in [1.54, 1.807) is 44.0 Å². The highest BCUT2D eigenvalue weighted by Gasteiger charge is 2.29. The molecule has 0 atom stereocenters. The van der Waals surface area contributed by atoms with Crippen LogP contribution in [0.25, 0.3) is 0 Å². The van der Waals surface area contributed by atoms with Crippen LogP contribution in [0.3, 0.4) is 0 Å². The van der Waals surface area contributed by atoms with E-state index in [4.69, 9.17) is 5.11 Å². The number of amides is 3. The number of aromatic carboxylic acids is 1. The van der Waals surface area contributed by atoms with Crippen LogP contribution in [0.5, 0.6) is 0 Å². The minimum absolute atomic E-state index is 0. The SMILES string of the molecule is CCC(CC)N(CCN(C)C(=O)CC(C)(C)CC(=O)O)Cc1cccc(C(=O)Nc2sc3c(c2C(=O)Nc2ccc(CCc4ccc(C(=O)O)cc4)cc2)CCCC3)c1.Cl. The summed E-state index contributed by atoms with van der Waals surface area (Å²) in [5.74, 6) is -2.49. The largest absolute Gasteiger partial charge is 0.481 e. The van der Waals surface area contributed by atoms with Gasteiger partial charge in [-0.25, -0.2) is 4.79 Å². The minimum atomic E-state index is -0.945. The molecule has 11 nitrogen and oxygen atoms in total. The number of nitrogens with one attached hydrogen (secondary N) is 2. The van der Waals surface area contributed by atoms with E-state index < -0.39 is 17.4 Å². The lowest BCUT2D eigenvalue weighted by atomic mass is 9.85. The molecule has 60 heavy (non-hydrogen) atoms. The molecule has 5 rings (SSSR count). The average Bonchev–Trinajstić information content (AvgIpc) is 3.57. The van der Waals surface area contributed by atoms with Crippen LogP contribution < -0.4 is 10.6 Å². The normalized spacial score (nSPS) is 12.4. The minimum Gasteiger partial charge on any atom is -0.481 e.